The van der Waals surface area contributed by atoms with Crippen molar-refractivity contribution in [3.05, 3.63) is 34.9 Å². The molecule has 0 spiro atoms. The average Bonchev–Trinajstić information content (AvgIpc) is 2.18. The molecule has 0 saturated heterocycles. The molecule has 0 fully saturated rings. The van der Waals surface area contributed by atoms with E-state index in [2.05, 4.69) is 25.2 Å². The van der Waals surface area contributed by atoms with Crippen LogP contribution in [0.3, 0.4) is 0 Å². The molecule has 76 valence electrons. The molecule has 0 heterocycles. The Morgan fingerprint density at radius 3 is 2.64 bits per heavy atom. The van der Waals surface area contributed by atoms with Crippen molar-refractivity contribution in [3.63, 3.8) is 0 Å². The SMILES string of the molecule is CNCc1cc(C(C)C)ccc1C=O. The minimum atomic E-state index is 0.506. The van der Waals surface area contributed by atoms with Gasteiger partial charge in [0, 0.05) is 12.1 Å². The van der Waals surface area contributed by atoms with Crippen molar-refractivity contribution >= 4 is 6.29 Å². The Bertz CT molecular complexity index is 318. The van der Waals surface area contributed by atoms with E-state index >= 15 is 0 Å². The van der Waals surface area contributed by atoms with E-state index in [9.17, 15) is 4.79 Å². The largest absolute Gasteiger partial charge is 0.316 e. The van der Waals surface area contributed by atoms with Crippen LogP contribution >= 0.6 is 0 Å². The lowest BCUT2D eigenvalue weighted by atomic mass is 9.98. The predicted octanol–water partition coefficient (Wildman–Crippen LogP) is 2.34. The Labute approximate surface area is 85.3 Å². The first-order chi connectivity index (χ1) is 6.69. The van der Waals surface area contributed by atoms with Gasteiger partial charge in [0.15, 0.2) is 0 Å². The molecule has 14 heavy (non-hydrogen) atoms. The first kappa shape index (κ1) is 10.9. The second kappa shape index (κ2) is 4.91. The van der Waals surface area contributed by atoms with Gasteiger partial charge < -0.3 is 5.32 Å². The van der Waals surface area contributed by atoms with E-state index in [1.165, 1.54) is 5.56 Å². The van der Waals surface area contributed by atoms with E-state index in [0.29, 0.717) is 5.92 Å². The molecule has 0 bridgehead atoms. The second-order valence-electron chi connectivity index (χ2n) is 3.76. The topological polar surface area (TPSA) is 29.1 Å². The quantitative estimate of drug-likeness (QED) is 0.740. The summed E-state index contributed by atoms with van der Waals surface area (Å²) >= 11 is 0. The van der Waals surface area contributed by atoms with Gasteiger partial charge in [0.25, 0.3) is 0 Å². The molecular weight excluding hydrogens is 174 g/mol. The fourth-order valence-electron chi connectivity index (χ4n) is 1.44. The smallest absolute Gasteiger partial charge is 0.150 e. The van der Waals surface area contributed by atoms with E-state index in [-0.39, 0.29) is 0 Å². The summed E-state index contributed by atoms with van der Waals surface area (Å²) in [5.41, 5.74) is 3.14. The normalized spacial score (nSPS) is 10.6. The predicted molar refractivity (Wildman–Crippen MR) is 58.7 cm³/mol. The molecule has 1 aromatic rings. The second-order valence-corrected chi connectivity index (χ2v) is 3.76. The van der Waals surface area contributed by atoms with Crippen molar-refractivity contribution < 1.29 is 4.79 Å². The first-order valence-corrected chi connectivity index (χ1v) is 4.91. The number of benzene rings is 1. The molecule has 0 unspecified atom stereocenters. The van der Waals surface area contributed by atoms with E-state index in [1.807, 2.05) is 19.2 Å². The third-order valence-corrected chi connectivity index (χ3v) is 2.33. The number of hydrogen-bond acceptors (Lipinski definition) is 2. The number of hydrogen-bond donors (Lipinski definition) is 1. The van der Waals surface area contributed by atoms with E-state index in [1.54, 1.807) is 0 Å². The summed E-state index contributed by atoms with van der Waals surface area (Å²) in [6.07, 6.45) is 0.913. The van der Waals surface area contributed by atoms with E-state index in [0.717, 1.165) is 24.0 Å². The van der Waals surface area contributed by atoms with Crippen molar-refractivity contribution in [1.29, 1.82) is 0 Å². The number of carbonyl (C=O) groups is 1. The fraction of sp³-hybridized carbons (Fsp3) is 0.417. The van der Waals surface area contributed by atoms with Crippen molar-refractivity contribution in [2.75, 3.05) is 7.05 Å². The maximum atomic E-state index is 10.8. The van der Waals surface area contributed by atoms with Crippen LogP contribution < -0.4 is 5.32 Å². The Morgan fingerprint density at radius 2 is 2.14 bits per heavy atom. The summed E-state index contributed by atoms with van der Waals surface area (Å²) in [6, 6.07) is 6.02. The summed E-state index contributed by atoms with van der Waals surface area (Å²) in [5, 5.41) is 3.07. The zero-order valence-corrected chi connectivity index (χ0v) is 9.00. The van der Waals surface area contributed by atoms with Crippen LogP contribution in [0.5, 0.6) is 0 Å². The van der Waals surface area contributed by atoms with Crippen molar-refractivity contribution in [3.8, 4) is 0 Å². The van der Waals surface area contributed by atoms with Crippen LogP contribution in [0.1, 0.15) is 41.3 Å². The Kier molecular flexibility index (Phi) is 3.84. The maximum absolute atomic E-state index is 10.8. The van der Waals surface area contributed by atoms with Crippen molar-refractivity contribution in [1.82, 2.24) is 5.32 Å². The van der Waals surface area contributed by atoms with Crippen molar-refractivity contribution in [2.24, 2.45) is 0 Å². The minimum Gasteiger partial charge on any atom is -0.316 e. The molecule has 2 heteroatoms. The van der Waals surface area contributed by atoms with Gasteiger partial charge in [-0.25, -0.2) is 0 Å². The van der Waals surface area contributed by atoms with Gasteiger partial charge in [-0.2, -0.15) is 0 Å². The van der Waals surface area contributed by atoms with Crippen LogP contribution in [0.25, 0.3) is 0 Å². The Hall–Kier alpha value is -1.15. The molecule has 1 aromatic carbocycles. The molecule has 0 atom stereocenters. The highest BCUT2D eigenvalue weighted by Gasteiger charge is 2.04. The molecule has 2 nitrogen and oxygen atoms in total. The number of carbonyl (C=O) groups excluding carboxylic acids is 1. The lowest BCUT2D eigenvalue weighted by Gasteiger charge is -2.10. The van der Waals surface area contributed by atoms with Crippen LogP contribution in [0, 0.1) is 0 Å². The molecule has 0 amide bonds. The zero-order valence-electron chi connectivity index (χ0n) is 9.00. The first-order valence-electron chi connectivity index (χ1n) is 4.91. The van der Waals surface area contributed by atoms with Gasteiger partial charge in [-0.15, -0.1) is 0 Å². The van der Waals surface area contributed by atoms with Gasteiger partial charge in [0.1, 0.15) is 6.29 Å². The van der Waals surface area contributed by atoms with Crippen molar-refractivity contribution in [2.45, 2.75) is 26.3 Å². The molecule has 1 N–H and O–H groups in total. The Balaban J connectivity index is 3.06. The molecule has 0 aliphatic heterocycles. The summed E-state index contributed by atoms with van der Waals surface area (Å²) in [5.74, 6) is 0.506. The van der Waals surface area contributed by atoms with Gasteiger partial charge in [-0.3, -0.25) is 4.79 Å². The summed E-state index contributed by atoms with van der Waals surface area (Å²) in [7, 11) is 1.89. The van der Waals surface area contributed by atoms with E-state index in [4.69, 9.17) is 0 Å². The average molecular weight is 191 g/mol. The standard InChI is InChI=1S/C12H17NO/c1-9(2)10-4-5-11(8-14)12(6-10)7-13-3/h4-6,8-9,13H,7H2,1-3H3. The fourth-order valence-corrected chi connectivity index (χ4v) is 1.44. The number of rotatable bonds is 4. The molecular formula is C12H17NO. The van der Waals surface area contributed by atoms with Gasteiger partial charge in [0.2, 0.25) is 0 Å². The lowest BCUT2D eigenvalue weighted by Crippen LogP contribution is -2.08. The summed E-state index contributed by atoms with van der Waals surface area (Å²) in [6.45, 7) is 5.05. The molecule has 0 aliphatic rings. The number of aldehydes is 1. The Morgan fingerprint density at radius 1 is 1.43 bits per heavy atom. The van der Waals surface area contributed by atoms with Gasteiger partial charge in [-0.1, -0.05) is 32.0 Å². The third-order valence-electron chi connectivity index (χ3n) is 2.33. The lowest BCUT2D eigenvalue weighted by molar-refractivity contribution is 0.112. The zero-order chi connectivity index (χ0) is 10.6. The summed E-state index contributed by atoms with van der Waals surface area (Å²) < 4.78 is 0. The highest BCUT2D eigenvalue weighted by Crippen LogP contribution is 2.18. The van der Waals surface area contributed by atoms with Gasteiger partial charge in [0.05, 0.1) is 0 Å². The maximum Gasteiger partial charge on any atom is 0.150 e. The number of nitrogens with one attached hydrogen (secondary N) is 1. The van der Waals surface area contributed by atoms with Crippen LogP contribution in [0.15, 0.2) is 18.2 Å². The van der Waals surface area contributed by atoms with Gasteiger partial charge >= 0.3 is 0 Å². The van der Waals surface area contributed by atoms with Gasteiger partial charge in [-0.05, 0) is 24.1 Å². The van der Waals surface area contributed by atoms with Crippen LogP contribution in [0.2, 0.25) is 0 Å². The third kappa shape index (κ3) is 2.42. The van der Waals surface area contributed by atoms with Crippen LogP contribution in [-0.2, 0) is 6.54 Å². The molecule has 0 saturated carbocycles. The highest BCUT2D eigenvalue weighted by atomic mass is 16.1. The van der Waals surface area contributed by atoms with Crippen LogP contribution in [-0.4, -0.2) is 13.3 Å². The molecule has 0 aliphatic carbocycles. The highest BCUT2D eigenvalue weighted by molar-refractivity contribution is 5.77. The van der Waals surface area contributed by atoms with Crippen LogP contribution in [0.4, 0.5) is 0 Å². The molecule has 1 rings (SSSR count). The minimum absolute atomic E-state index is 0.506. The van der Waals surface area contributed by atoms with E-state index < -0.39 is 0 Å². The summed E-state index contributed by atoms with van der Waals surface area (Å²) in [4.78, 5) is 10.8. The molecule has 0 radical (unpaired) electrons. The molecule has 0 aromatic heterocycles. The monoisotopic (exact) mass is 191 g/mol.